The molecule has 128 valence electrons. The third-order valence-corrected chi connectivity index (χ3v) is 3.50. The summed E-state index contributed by atoms with van der Waals surface area (Å²) in [5.41, 5.74) is 7.26. The molecule has 0 bridgehead atoms. The van der Waals surface area contributed by atoms with Crippen molar-refractivity contribution in [1.29, 1.82) is 0 Å². The van der Waals surface area contributed by atoms with E-state index in [1.54, 1.807) is 12.1 Å². The fourth-order valence-electron chi connectivity index (χ4n) is 2.18. The molecule has 1 aromatic heterocycles. The van der Waals surface area contributed by atoms with Crippen molar-refractivity contribution in [3.8, 4) is 0 Å². The first-order valence-electron chi connectivity index (χ1n) is 7.68. The van der Waals surface area contributed by atoms with Gasteiger partial charge in [0.05, 0.1) is 6.54 Å². The van der Waals surface area contributed by atoms with E-state index in [-0.39, 0.29) is 11.7 Å². The number of nitrogens with one attached hydrogen (secondary N) is 3. The maximum Gasteiger partial charge on any atom is 0.305 e. The van der Waals surface area contributed by atoms with E-state index < -0.39 is 0 Å². The smallest absolute Gasteiger partial charge is 0.305 e. The molecular weight excluding hydrogens is 324 g/mol. The molecule has 1 aromatic carbocycles. The Kier molecular flexibility index (Phi) is 6.34. The molecule has 24 heavy (non-hydrogen) atoms. The zero-order valence-electron chi connectivity index (χ0n) is 14.1. The Morgan fingerprint density at radius 3 is 2.62 bits per heavy atom. The Bertz CT molecular complexity index is 712. The van der Waals surface area contributed by atoms with E-state index in [4.69, 9.17) is 16.6 Å². The van der Waals surface area contributed by atoms with Gasteiger partial charge in [0.15, 0.2) is 10.9 Å². The topological polar surface area (TPSA) is 69.5 Å². The van der Waals surface area contributed by atoms with Crippen LogP contribution in [0.1, 0.15) is 28.8 Å². The highest BCUT2D eigenvalue weighted by Gasteiger charge is 2.12. The van der Waals surface area contributed by atoms with E-state index in [0.717, 1.165) is 23.4 Å². The second kappa shape index (κ2) is 8.47. The van der Waals surface area contributed by atoms with Gasteiger partial charge in [0, 0.05) is 5.69 Å². The minimum Gasteiger partial charge on any atom is -0.454 e. The highest BCUT2D eigenvalue weighted by Crippen LogP contribution is 2.15. The summed E-state index contributed by atoms with van der Waals surface area (Å²) in [4.78, 5) is 14.0. The molecule has 2 aromatic rings. The molecule has 0 saturated heterocycles. The molecule has 0 saturated carbocycles. The molecule has 0 fully saturated rings. The summed E-state index contributed by atoms with van der Waals surface area (Å²) in [5.74, 6) is 0.576. The number of rotatable bonds is 5. The van der Waals surface area contributed by atoms with E-state index in [9.17, 15) is 4.79 Å². The van der Waals surface area contributed by atoms with Crippen molar-refractivity contribution in [2.45, 2.75) is 19.9 Å². The lowest BCUT2D eigenvalue weighted by molar-refractivity contribution is 0.0913. The number of hydrogen-bond donors (Lipinski definition) is 3. The summed E-state index contributed by atoms with van der Waals surface area (Å²) in [5, 5.41) is 3.38. The number of benzene rings is 1. The molecule has 2 rings (SSSR count). The largest absolute Gasteiger partial charge is 0.454 e. The van der Waals surface area contributed by atoms with Crippen LogP contribution in [0.25, 0.3) is 0 Å². The van der Waals surface area contributed by atoms with Gasteiger partial charge in [-0.05, 0) is 56.5 Å². The van der Waals surface area contributed by atoms with Crippen LogP contribution < -0.4 is 16.2 Å². The Morgan fingerprint density at radius 1 is 1.17 bits per heavy atom. The normalized spacial score (nSPS) is 10.5. The molecule has 0 spiro atoms. The molecule has 1 amide bonds. The van der Waals surface area contributed by atoms with Gasteiger partial charge >= 0.3 is 5.91 Å². The van der Waals surface area contributed by atoms with Crippen molar-refractivity contribution >= 4 is 28.9 Å². The minimum absolute atomic E-state index is 0.233. The Labute approximate surface area is 147 Å². The number of amides is 1. The van der Waals surface area contributed by atoms with E-state index in [0.29, 0.717) is 11.7 Å². The maximum absolute atomic E-state index is 12.1. The molecule has 0 atom stereocenters. The number of hydrazine groups is 1. The lowest BCUT2D eigenvalue weighted by atomic mass is 10.1. The summed E-state index contributed by atoms with van der Waals surface area (Å²) in [6, 6.07) is 11.3. The second-order valence-electron chi connectivity index (χ2n) is 5.55. The highest BCUT2D eigenvalue weighted by molar-refractivity contribution is 7.80. The summed E-state index contributed by atoms with van der Waals surface area (Å²) < 4.78 is 5.49. The van der Waals surface area contributed by atoms with Crippen LogP contribution in [0.4, 0.5) is 5.69 Å². The maximum atomic E-state index is 12.1. The summed E-state index contributed by atoms with van der Waals surface area (Å²) >= 11 is 5.20. The molecule has 3 N–H and O–H groups in total. The van der Waals surface area contributed by atoms with Gasteiger partial charge in [-0.2, -0.15) is 0 Å². The minimum atomic E-state index is -0.382. The number of furan rings is 1. The number of hydrogen-bond acceptors (Lipinski definition) is 4. The predicted octanol–water partition coefficient (Wildman–Crippen LogP) is 2.54. The number of para-hydroxylation sites is 1. The summed E-state index contributed by atoms with van der Waals surface area (Å²) in [6.07, 6.45) is 0.888. The van der Waals surface area contributed by atoms with Crippen molar-refractivity contribution in [2.24, 2.45) is 0 Å². The zero-order chi connectivity index (χ0) is 17.5. The van der Waals surface area contributed by atoms with Gasteiger partial charge in [-0.25, -0.2) is 0 Å². The van der Waals surface area contributed by atoms with Crippen LogP contribution in [0.3, 0.4) is 0 Å². The molecule has 0 unspecified atom stereocenters. The van der Waals surface area contributed by atoms with Gasteiger partial charge in [-0.15, -0.1) is 0 Å². The van der Waals surface area contributed by atoms with Crippen LogP contribution in [0, 0.1) is 0 Å². The first kappa shape index (κ1) is 18.0. The van der Waals surface area contributed by atoms with Crippen LogP contribution in [0.15, 0.2) is 40.8 Å². The van der Waals surface area contributed by atoms with Gasteiger partial charge in [-0.3, -0.25) is 15.6 Å². The standard InChI is InChI=1S/C17H22N4O2S/c1-4-12-7-5-6-8-14(12)18-17(24)20-19-16(22)15-10-9-13(23-15)11-21(2)3/h5-10H,4,11H2,1-3H3,(H,19,22)(H2,18,20,24). The average Bonchev–Trinajstić information content (AvgIpc) is 3.01. The Hall–Kier alpha value is -2.38. The number of aryl methyl sites for hydroxylation is 1. The van der Waals surface area contributed by atoms with E-state index in [1.807, 2.05) is 43.3 Å². The van der Waals surface area contributed by atoms with Crippen LogP contribution in [-0.2, 0) is 13.0 Å². The predicted molar refractivity (Wildman–Crippen MR) is 98.7 cm³/mol. The van der Waals surface area contributed by atoms with Gasteiger partial charge in [-0.1, -0.05) is 25.1 Å². The molecule has 1 heterocycles. The summed E-state index contributed by atoms with van der Waals surface area (Å²) in [6.45, 7) is 2.70. The number of carbonyl (C=O) groups is 1. The fourth-order valence-corrected chi connectivity index (χ4v) is 2.34. The molecule has 0 radical (unpaired) electrons. The second-order valence-corrected chi connectivity index (χ2v) is 5.96. The zero-order valence-corrected chi connectivity index (χ0v) is 14.9. The van der Waals surface area contributed by atoms with E-state index in [2.05, 4.69) is 23.1 Å². The molecule has 0 aliphatic heterocycles. The van der Waals surface area contributed by atoms with E-state index in [1.165, 1.54) is 0 Å². The average molecular weight is 346 g/mol. The SMILES string of the molecule is CCc1ccccc1NC(=S)NNC(=O)c1ccc(CN(C)C)o1. The number of nitrogens with zero attached hydrogens (tertiary/aromatic N) is 1. The van der Waals surface area contributed by atoms with Crippen molar-refractivity contribution in [1.82, 2.24) is 15.8 Å². The molecule has 6 nitrogen and oxygen atoms in total. The Balaban J connectivity index is 1.87. The van der Waals surface area contributed by atoms with Crippen LogP contribution >= 0.6 is 12.2 Å². The van der Waals surface area contributed by atoms with Crippen LogP contribution in [0.2, 0.25) is 0 Å². The molecular formula is C17H22N4O2S. The molecule has 0 aliphatic carbocycles. The van der Waals surface area contributed by atoms with Crippen molar-refractivity contribution in [3.05, 3.63) is 53.5 Å². The van der Waals surface area contributed by atoms with Crippen LogP contribution in [0.5, 0.6) is 0 Å². The van der Waals surface area contributed by atoms with Gasteiger partial charge in [0.25, 0.3) is 0 Å². The third kappa shape index (κ3) is 5.07. The molecule has 7 heteroatoms. The van der Waals surface area contributed by atoms with Crippen LogP contribution in [-0.4, -0.2) is 30.0 Å². The molecule has 0 aliphatic rings. The van der Waals surface area contributed by atoms with Crippen molar-refractivity contribution in [3.63, 3.8) is 0 Å². The first-order valence-corrected chi connectivity index (χ1v) is 8.09. The highest BCUT2D eigenvalue weighted by atomic mass is 32.1. The third-order valence-electron chi connectivity index (χ3n) is 3.29. The monoisotopic (exact) mass is 346 g/mol. The van der Waals surface area contributed by atoms with Gasteiger partial charge < -0.3 is 14.6 Å². The van der Waals surface area contributed by atoms with Crippen molar-refractivity contribution in [2.75, 3.05) is 19.4 Å². The Morgan fingerprint density at radius 2 is 1.92 bits per heavy atom. The first-order chi connectivity index (χ1) is 11.5. The van der Waals surface area contributed by atoms with Gasteiger partial charge in [0.1, 0.15) is 5.76 Å². The van der Waals surface area contributed by atoms with Crippen molar-refractivity contribution < 1.29 is 9.21 Å². The van der Waals surface area contributed by atoms with E-state index >= 15 is 0 Å². The number of carbonyl (C=O) groups excluding carboxylic acids is 1. The lowest BCUT2D eigenvalue weighted by Crippen LogP contribution is -2.43. The number of thiocarbonyl (C=S) groups is 1. The lowest BCUT2D eigenvalue weighted by Gasteiger charge is -2.13. The summed E-state index contributed by atoms with van der Waals surface area (Å²) in [7, 11) is 3.87. The van der Waals surface area contributed by atoms with Gasteiger partial charge in [0.2, 0.25) is 0 Å². The quantitative estimate of drug-likeness (QED) is 0.571. The number of anilines is 1. The fraction of sp³-hybridized carbons (Fsp3) is 0.294.